The van der Waals surface area contributed by atoms with Crippen molar-refractivity contribution in [3.63, 3.8) is 0 Å². The van der Waals surface area contributed by atoms with Crippen LogP contribution >= 0.6 is 34.7 Å². The Balaban J connectivity index is 1.65. The van der Waals surface area contributed by atoms with Crippen molar-refractivity contribution in [2.24, 2.45) is 45.9 Å². The average molecular weight is 1040 g/mol. The fraction of sp³-hybridized carbons (Fsp3) is 0.592. The smallest absolute Gasteiger partial charge is 0.243 e. The van der Waals surface area contributed by atoms with Crippen LogP contribution in [0.2, 0.25) is 5.02 Å². The molecular weight excluding hydrogens is 972 g/mol. The van der Waals surface area contributed by atoms with E-state index in [1.165, 1.54) is 28.0 Å². The Labute approximate surface area is 429 Å². The summed E-state index contributed by atoms with van der Waals surface area (Å²) in [7, 11) is 0. The molecule has 2 saturated heterocycles. The molecule has 390 valence electrons. The van der Waals surface area contributed by atoms with Gasteiger partial charge in [-0.3, -0.25) is 48.1 Å². The van der Waals surface area contributed by atoms with Crippen molar-refractivity contribution >= 4 is 93.6 Å². The van der Waals surface area contributed by atoms with E-state index in [-0.39, 0.29) is 75.0 Å². The summed E-state index contributed by atoms with van der Waals surface area (Å²) in [6.07, 6.45) is 0.872. The molecule has 11 N–H and O–H groups in total. The number of thiophene rings is 1. The zero-order valence-electron chi connectivity index (χ0n) is 41.0. The minimum absolute atomic E-state index is 0.0732. The van der Waals surface area contributed by atoms with Crippen LogP contribution in [0.4, 0.5) is 0 Å². The molecule has 0 saturated carbocycles. The number of amides is 7. The van der Waals surface area contributed by atoms with Gasteiger partial charge in [0, 0.05) is 66.9 Å². The lowest BCUT2D eigenvalue weighted by atomic mass is 9.91. The van der Waals surface area contributed by atoms with Gasteiger partial charge in [-0.15, -0.1) is 11.3 Å². The van der Waals surface area contributed by atoms with Crippen LogP contribution in [0.15, 0.2) is 46.8 Å². The zero-order valence-corrected chi connectivity index (χ0v) is 43.4. The molecule has 0 spiro atoms. The predicted molar refractivity (Wildman–Crippen MR) is 275 cm³/mol. The Morgan fingerprint density at radius 2 is 1.61 bits per heavy atom. The van der Waals surface area contributed by atoms with Crippen molar-refractivity contribution < 1.29 is 43.2 Å². The molecule has 19 nitrogen and oxygen atoms in total. The number of rotatable bonds is 17. The second-order valence-corrected chi connectivity index (χ2v) is 21.6. The minimum atomic E-state index is -1.49. The van der Waals surface area contributed by atoms with Gasteiger partial charge in [0.1, 0.15) is 30.0 Å². The summed E-state index contributed by atoms with van der Waals surface area (Å²) in [6.45, 7) is 8.01. The van der Waals surface area contributed by atoms with Gasteiger partial charge in [0.25, 0.3) is 0 Å². The maximum absolute atomic E-state index is 14.7. The zero-order chi connectivity index (χ0) is 52.2. The first-order valence-electron chi connectivity index (χ1n) is 24.2. The highest BCUT2D eigenvalue weighted by atomic mass is 35.5. The van der Waals surface area contributed by atoms with Gasteiger partial charge in [0.15, 0.2) is 11.7 Å². The van der Waals surface area contributed by atoms with Gasteiger partial charge in [0.05, 0.1) is 18.4 Å². The Kier molecular flexibility index (Phi) is 23.8. The summed E-state index contributed by atoms with van der Waals surface area (Å²) in [5, 5.41) is 16.3. The van der Waals surface area contributed by atoms with Crippen molar-refractivity contribution in [1.82, 2.24) is 31.5 Å². The highest BCUT2D eigenvalue weighted by molar-refractivity contribution is 7.99. The number of likely N-dealkylation sites (tertiary alicyclic amines) is 1. The van der Waals surface area contributed by atoms with Crippen molar-refractivity contribution in [1.29, 1.82) is 0 Å². The number of hydrogen-bond acceptors (Lipinski definition) is 12. The van der Waals surface area contributed by atoms with Gasteiger partial charge >= 0.3 is 0 Å². The van der Waals surface area contributed by atoms with Crippen molar-refractivity contribution in [2.75, 3.05) is 31.1 Å². The number of carbonyl (C=O) groups is 9. The van der Waals surface area contributed by atoms with E-state index in [9.17, 15) is 43.2 Å². The number of Topliss-reactive ketones (excluding diaryl/α,β-unsaturated/α-hetero) is 2. The third kappa shape index (κ3) is 19.5. The van der Waals surface area contributed by atoms with E-state index in [1.54, 1.807) is 44.2 Å². The largest absolute Gasteiger partial charge is 0.370 e. The van der Waals surface area contributed by atoms with Crippen LogP contribution in [0.5, 0.6) is 0 Å². The second kappa shape index (κ2) is 29.1. The van der Waals surface area contributed by atoms with Crippen LogP contribution in [-0.2, 0) is 56.0 Å². The standard InChI is InChI=1S/C49H71ClN10O9S2/c1-28(2)26-55-44(65)36(11-5-17-54-49(52)53)56-46(67)39-12-6-18-60(39)48(69)32-23-40(62)37(25-41(51)63)57-47(68)42(29(3)4)59-45(66)38(24-35-10-8-20-71-35)58-43(64)31(21-30-13-15-33(50)16-14-30)22-34(61)9-7-19-70-27-32/h8,10,13-16,20,28-29,31-32,36-39,42H,5-7,9,11-12,17-19,21-27H2,1-4H3,(H2,51,63)(H,55,65)(H,56,67)(H,57,68)(H,58,64)(H,59,66)(H4,52,53,54)/t31-,32+,36+,37+,38+,39+,42+/m1/s1. The number of nitrogens with zero attached hydrogens (tertiary/aromatic N) is 2. The quantitative estimate of drug-likeness (QED) is 0.0643. The van der Waals surface area contributed by atoms with Crippen LogP contribution in [0.25, 0.3) is 0 Å². The van der Waals surface area contributed by atoms with Crippen LogP contribution in [0, 0.1) is 23.7 Å². The first kappa shape index (κ1) is 58.0. The molecular formula is C49H71ClN10O9S2. The fourth-order valence-corrected chi connectivity index (χ4v) is 10.3. The molecule has 7 amide bonds. The number of hydrogen-bond donors (Lipinski definition) is 8. The lowest BCUT2D eigenvalue weighted by Crippen LogP contribution is -2.58. The summed E-state index contributed by atoms with van der Waals surface area (Å²) in [6, 6.07) is 4.68. The van der Waals surface area contributed by atoms with E-state index >= 15 is 0 Å². The van der Waals surface area contributed by atoms with Crippen molar-refractivity contribution in [3.05, 3.63) is 57.2 Å². The van der Waals surface area contributed by atoms with Crippen LogP contribution in [0.3, 0.4) is 0 Å². The maximum Gasteiger partial charge on any atom is 0.243 e. The van der Waals surface area contributed by atoms with Crippen molar-refractivity contribution in [3.8, 4) is 0 Å². The molecule has 0 aliphatic carbocycles. The van der Waals surface area contributed by atoms with Crippen LogP contribution in [-0.4, -0.2) is 125 Å². The summed E-state index contributed by atoms with van der Waals surface area (Å²) < 4.78 is 0. The van der Waals surface area contributed by atoms with Crippen LogP contribution < -0.4 is 43.8 Å². The molecule has 71 heavy (non-hydrogen) atoms. The Morgan fingerprint density at radius 3 is 2.25 bits per heavy atom. The van der Waals surface area contributed by atoms with E-state index in [0.717, 1.165) is 10.4 Å². The first-order chi connectivity index (χ1) is 33.7. The lowest BCUT2D eigenvalue weighted by molar-refractivity contribution is -0.143. The van der Waals surface area contributed by atoms with E-state index in [4.69, 9.17) is 28.8 Å². The van der Waals surface area contributed by atoms with E-state index in [1.807, 2.05) is 25.3 Å². The maximum atomic E-state index is 14.7. The number of thioether (sulfide) groups is 1. The first-order valence-corrected chi connectivity index (χ1v) is 26.7. The fourth-order valence-electron chi connectivity index (χ4n) is 8.37. The third-order valence-electron chi connectivity index (χ3n) is 12.2. The molecule has 2 fully saturated rings. The Bertz CT molecular complexity index is 2190. The second-order valence-electron chi connectivity index (χ2n) is 19.0. The summed E-state index contributed by atoms with van der Waals surface area (Å²) in [5.41, 5.74) is 17.3. The summed E-state index contributed by atoms with van der Waals surface area (Å²) in [5.74, 6) is -7.24. The number of aliphatic imine (C=N–C) groups is 1. The molecule has 0 unspecified atom stereocenters. The third-order valence-corrected chi connectivity index (χ3v) is 14.5. The average Bonchev–Trinajstić information content (AvgIpc) is 4.03. The highest BCUT2D eigenvalue weighted by Crippen LogP contribution is 2.26. The number of guanidine groups is 1. The van der Waals surface area contributed by atoms with E-state index in [2.05, 4.69) is 31.6 Å². The number of primary amides is 1. The van der Waals surface area contributed by atoms with Gasteiger partial charge in [-0.1, -0.05) is 57.5 Å². The summed E-state index contributed by atoms with van der Waals surface area (Å²) in [4.78, 5) is 131. The number of nitrogens with one attached hydrogen (secondary N) is 5. The molecule has 1 aromatic heterocycles. The molecule has 2 aliphatic heterocycles. The van der Waals surface area contributed by atoms with E-state index < -0.39 is 108 Å². The molecule has 3 heterocycles. The molecule has 2 aromatic rings. The molecule has 2 aliphatic rings. The van der Waals surface area contributed by atoms with Gasteiger partial charge in [0.2, 0.25) is 41.4 Å². The lowest BCUT2D eigenvalue weighted by Gasteiger charge is -2.30. The van der Waals surface area contributed by atoms with Gasteiger partial charge in [-0.25, -0.2) is 0 Å². The number of nitrogens with two attached hydrogens (primary N) is 3. The number of halogens is 1. The highest BCUT2D eigenvalue weighted by Gasteiger charge is 2.41. The topological polar surface area (TPSA) is 307 Å². The van der Waals surface area contributed by atoms with E-state index in [0.29, 0.717) is 36.6 Å². The number of carbonyl (C=O) groups excluding carboxylic acids is 9. The van der Waals surface area contributed by atoms with Crippen LogP contribution in [0.1, 0.15) is 95.9 Å². The molecule has 1 aromatic carbocycles. The molecule has 22 heteroatoms. The number of ketones is 2. The molecule has 4 rings (SSSR count). The number of benzene rings is 1. The molecule has 0 bridgehead atoms. The normalized spacial score (nSPS) is 22.7. The van der Waals surface area contributed by atoms with Crippen molar-refractivity contribution in [2.45, 2.75) is 129 Å². The molecule has 0 radical (unpaired) electrons. The van der Waals surface area contributed by atoms with Gasteiger partial charge in [-0.05, 0) is 85.3 Å². The predicted octanol–water partition coefficient (Wildman–Crippen LogP) is 2.15. The summed E-state index contributed by atoms with van der Waals surface area (Å²) >= 11 is 8.85. The monoisotopic (exact) mass is 1040 g/mol. The Morgan fingerprint density at radius 1 is 0.887 bits per heavy atom. The SMILES string of the molecule is CC(C)CNC(=O)[C@H](CCCN=C(N)N)NC(=O)[C@@H]1CCCN1C(=O)[C@@H]1CSCCCC(=O)C[C@@H](Cc2ccc(Cl)cc2)C(=O)N[C@@H](Cc2cccs2)C(=O)N[C@@H](C(C)C)C(=O)N[C@@H](CC(N)=O)C(=O)C1. The van der Waals surface area contributed by atoms with Gasteiger partial charge < -0.3 is 48.7 Å². The minimum Gasteiger partial charge on any atom is -0.370 e. The Hall–Kier alpha value is -5.54. The molecule has 7 atom stereocenters. The van der Waals surface area contributed by atoms with Gasteiger partial charge in [-0.2, -0.15) is 11.8 Å².